The zero-order valence-electron chi connectivity index (χ0n) is 11.8. The average Bonchev–Trinajstić information content (AvgIpc) is 2.94. The van der Waals surface area contributed by atoms with Crippen LogP contribution in [0.2, 0.25) is 0 Å². The highest BCUT2D eigenvalue weighted by Crippen LogP contribution is 2.32. The summed E-state index contributed by atoms with van der Waals surface area (Å²) in [5.74, 6) is 3.27. The number of rotatable bonds is 5. The molecule has 112 valence electrons. The number of hydrogen-bond acceptors (Lipinski definition) is 5. The molecule has 5 nitrogen and oxygen atoms in total. The summed E-state index contributed by atoms with van der Waals surface area (Å²) in [4.78, 5) is 0.714. The van der Waals surface area contributed by atoms with Gasteiger partial charge in [0.1, 0.15) is 24.7 Å². The number of ether oxygens (including phenoxy) is 2. The predicted octanol–water partition coefficient (Wildman–Crippen LogP) is 2.08. The van der Waals surface area contributed by atoms with Gasteiger partial charge in [0.15, 0.2) is 11.5 Å². The Kier molecular flexibility index (Phi) is 4.26. The molecule has 0 saturated carbocycles. The lowest BCUT2D eigenvalue weighted by Crippen LogP contribution is -2.15. The van der Waals surface area contributed by atoms with Gasteiger partial charge in [-0.25, -0.2) is 0 Å². The van der Waals surface area contributed by atoms with Gasteiger partial charge in [0.05, 0.1) is 23.1 Å². The van der Waals surface area contributed by atoms with Crippen molar-refractivity contribution in [1.29, 1.82) is 0 Å². The highest BCUT2D eigenvalue weighted by molar-refractivity contribution is 7.84. The molecule has 1 aromatic heterocycles. The van der Waals surface area contributed by atoms with Gasteiger partial charge in [-0.05, 0) is 31.3 Å². The molecule has 0 radical (unpaired) electrons. The fourth-order valence-electron chi connectivity index (χ4n) is 2.15. The Morgan fingerprint density at radius 1 is 1.10 bits per heavy atom. The highest BCUT2D eigenvalue weighted by atomic mass is 32.2. The van der Waals surface area contributed by atoms with Crippen LogP contribution in [0.15, 0.2) is 39.6 Å². The Labute approximate surface area is 125 Å². The molecule has 1 aliphatic rings. The highest BCUT2D eigenvalue weighted by Gasteiger charge is 2.15. The Balaban J connectivity index is 1.72. The molecule has 3 rings (SSSR count). The molecular formula is C15H17NO4S. The molecule has 1 aromatic carbocycles. The van der Waals surface area contributed by atoms with E-state index in [0.29, 0.717) is 47.7 Å². The van der Waals surface area contributed by atoms with Gasteiger partial charge in [-0.2, -0.15) is 0 Å². The maximum Gasteiger partial charge on any atom is 0.162 e. The van der Waals surface area contributed by atoms with Crippen LogP contribution in [0.4, 0.5) is 0 Å². The molecule has 0 fully saturated rings. The maximum absolute atomic E-state index is 12.4. The molecule has 0 bridgehead atoms. The average molecular weight is 307 g/mol. The first-order valence-electron chi connectivity index (χ1n) is 6.76. The minimum absolute atomic E-state index is 0.351. The fourth-order valence-corrected chi connectivity index (χ4v) is 3.19. The zero-order chi connectivity index (χ0) is 14.7. The van der Waals surface area contributed by atoms with Crippen molar-refractivity contribution in [3.05, 3.63) is 41.9 Å². The van der Waals surface area contributed by atoms with E-state index in [1.54, 1.807) is 18.2 Å². The van der Waals surface area contributed by atoms with Crippen LogP contribution in [0.1, 0.15) is 11.5 Å². The molecule has 1 unspecified atom stereocenters. The van der Waals surface area contributed by atoms with E-state index in [-0.39, 0.29) is 0 Å². The Bertz CT molecular complexity index is 653. The van der Waals surface area contributed by atoms with E-state index in [2.05, 4.69) is 5.32 Å². The third-order valence-corrected chi connectivity index (χ3v) is 4.44. The van der Waals surface area contributed by atoms with E-state index in [0.717, 1.165) is 5.76 Å². The first-order valence-corrected chi connectivity index (χ1v) is 8.08. The molecule has 2 aromatic rings. The van der Waals surface area contributed by atoms with Gasteiger partial charge in [0.2, 0.25) is 0 Å². The second-order valence-corrected chi connectivity index (χ2v) is 6.14. The molecular weight excluding hydrogens is 290 g/mol. The lowest BCUT2D eigenvalue weighted by Gasteiger charge is -2.18. The van der Waals surface area contributed by atoms with Gasteiger partial charge < -0.3 is 19.2 Å². The monoisotopic (exact) mass is 307 g/mol. The molecule has 0 spiro atoms. The SMILES string of the molecule is CNCc1ccc(CS(=O)c2ccc3c(c2)OCCO3)o1. The van der Waals surface area contributed by atoms with Crippen molar-refractivity contribution in [1.82, 2.24) is 5.32 Å². The largest absolute Gasteiger partial charge is 0.486 e. The lowest BCUT2D eigenvalue weighted by molar-refractivity contribution is 0.171. The van der Waals surface area contributed by atoms with E-state index in [4.69, 9.17) is 13.9 Å². The van der Waals surface area contributed by atoms with Crippen LogP contribution in [0.5, 0.6) is 11.5 Å². The van der Waals surface area contributed by atoms with Gasteiger partial charge in [0.25, 0.3) is 0 Å². The second kappa shape index (κ2) is 6.32. The summed E-state index contributed by atoms with van der Waals surface area (Å²) in [5.41, 5.74) is 0. The minimum atomic E-state index is -1.17. The smallest absolute Gasteiger partial charge is 0.162 e. The van der Waals surface area contributed by atoms with Crippen molar-refractivity contribution >= 4 is 10.8 Å². The number of hydrogen-bond donors (Lipinski definition) is 1. The summed E-state index contributed by atoms with van der Waals surface area (Å²) in [7, 11) is 0.684. The van der Waals surface area contributed by atoms with Crippen molar-refractivity contribution in [2.45, 2.75) is 17.2 Å². The molecule has 1 N–H and O–H groups in total. The van der Waals surface area contributed by atoms with Gasteiger partial charge in [-0.3, -0.25) is 4.21 Å². The summed E-state index contributed by atoms with van der Waals surface area (Å²) < 4.78 is 29.0. The maximum atomic E-state index is 12.4. The molecule has 0 aliphatic carbocycles. The lowest BCUT2D eigenvalue weighted by atomic mass is 10.3. The van der Waals surface area contributed by atoms with Crippen molar-refractivity contribution in [3.8, 4) is 11.5 Å². The van der Waals surface area contributed by atoms with Crippen LogP contribution in [0.25, 0.3) is 0 Å². The van der Waals surface area contributed by atoms with Crippen LogP contribution >= 0.6 is 0 Å². The van der Waals surface area contributed by atoms with E-state index >= 15 is 0 Å². The summed E-state index contributed by atoms with van der Waals surface area (Å²) in [5, 5.41) is 3.02. The van der Waals surface area contributed by atoms with E-state index in [9.17, 15) is 4.21 Å². The van der Waals surface area contributed by atoms with Gasteiger partial charge >= 0.3 is 0 Å². The van der Waals surface area contributed by atoms with Crippen LogP contribution in [-0.4, -0.2) is 24.5 Å². The normalized spacial score (nSPS) is 14.9. The minimum Gasteiger partial charge on any atom is -0.486 e. The van der Waals surface area contributed by atoms with E-state index in [1.165, 1.54) is 0 Å². The van der Waals surface area contributed by atoms with Gasteiger partial charge in [0, 0.05) is 11.0 Å². The summed E-state index contributed by atoms with van der Waals surface area (Å²) >= 11 is 0. The second-order valence-electron chi connectivity index (χ2n) is 4.69. The summed E-state index contributed by atoms with van der Waals surface area (Å²) in [6.45, 7) is 1.74. The van der Waals surface area contributed by atoms with E-state index in [1.807, 2.05) is 19.2 Å². The topological polar surface area (TPSA) is 60.7 Å². The molecule has 1 atom stereocenters. The van der Waals surface area contributed by atoms with Crippen molar-refractivity contribution in [2.75, 3.05) is 20.3 Å². The summed E-state index contributed by atoms with van der Waals surface area (Å²) in [6, 6.07) is 9.15. The molecule has 1 aliphatic heterocycles. The van der Waals surface area contributed by atoms with Gasteiger partial charge in [-0.15, -0.1) is 0 Å². The van der Waals surface area contributed by atoms with E-state index < -0.39 is 10.8 Å². The number of nitrogens with one attached hydrogen (secondary N) is 1. The first-order chi connectivity index (χ1) is 10.3. The first kappa shape index (κ1) is 14.2. The molecule has 21 heavy (non-hydrogen) atoms. The standard InChI is InChI=1S/C15H17NO4S/c1-16-9-11-2-3-12(20-11)10-21(17)13-4-5-14-15(8-13)19-7-6-18-14/h2-5,8,16H,6-7,9-10H2,1H3. The quantitative estimate of drug-likeness (QED) is 0.916. The van der Waals surface area contributed by atoms with Crippen LogP contribution in [0.3, 0.4) is 0 Å². The number of benzene rings is 1. The predicted molar refractivity (Wildman–Crippen MR) is 79.0 cm³/mol. The zero-order valence-corrected chi connectivity index (χ0v) is 12.6. The number of furan rings is 1. The van der Waals surface area contributed by atoms with Crippen LogP contribution in [-0.2, 0) is 23.1 Å². The van der Waals surface area contributed by atoms with Crippen molar-refractivity contribution in [2.24, 2.45) is 0 Å². The van der Waals surface area contributed by atoms with Crippen molar-refractivity contribution in [3.63, 3.8) is 0 Å². The third-order valence-electron chi connectivity index (χ3n) is 3.12. The molecule has 0 saturated heterocycles. The van der Waals surface area contributed by atoms with Crippen LogP contribution in [0, 0.1) is 0 Å². The Hall–Kier alpha value is -1.79. The Morgan fingerprint density at radius 2 is 1.86 bits per heavy atom. The third kappa shape index (κ3) is 3.28. The fraction of sp³-hybridized carbons (Fsp3) is 0.333. The number of fused-ring (bicyclic) bond motifs is 1. The summed E-state index contributed by atoms with van der Waals surface area (Å²) in [6.07, 6.45) is 0. The molecule has 6 heteroatoms. The molecule has 2 heterocycles. The van der Waals surface area contributed by atoms with Gasteiger partial charge in [-0.1, -0.05) is 0 Å². The van der Waals surface area contributed by atoms with Crippen molar-refractivity contribution < 1.29 is 18.1 Å². The van der Waals surface area contributed by atoms with Crippen LogP contribution < -0.4 is 14.8 Å². The Morgan fingerprint density at radius 3 is 2.67 bits per heavy atom. The molecule has 0 amide bonds.